The molecular formula is C22H17F3N2OS. The van der Waals surface area contributed by atoms with E-state index in [-0.39, 0.29) is 10.8 Å². The average Bonchev–Trinajstić information content (AvgIpc) is 2.69. The summed E-state index contributed by atoms with van der Waals surface area (Å²) in [6.45, 7) is 0. The number of alkyl halides is 3. The maximum absolute atomic E-state index is 13.2. The number of hydrogen-bond acceptors (Lipinski definition) is 2. The van der Waals surface area contributed by atoms with Crippen LogP contribution < -0.4 is 10.6 Å². The molecule has 2 N–H and O–H groups in total. The molecule has 3 nitrogen and oxygen atoms in total. The van der Waals surface area contributed by atoms with Crippen LogP contribution in [0.3, 0.4) is 0 Å². The molecule has 148 valence electrons. The van der Waals surface area contributed by atoms with Gasteiger partial charge in [-0.1, -0.05) is 72.8 Å². The van der Waals surface area contributed by atoms with Crippen molar-refractivity contribution < 1.29 is 18.0 Å². The molecule has 0 aliphatic rings. The Labute approximate surface area is 171 Å². The van der Waals surface area contributed by atoms with Gasteiger partial charge >= 0.3 is 6.18 Å². The van der Waals surface area contributed by atoms with Crippen molar-refractivity contribution in [3.8, 4) is 0 Å². The highest BCUT2D eigenvalue weighted by Gasteiger charge is 2.33. The lowest BCUT2D eigenvalue weighted by atomic mass is 9.90. The fraction of sp³-hybridized carbons (Fsp3) is 0.0909. The van der Waals surface area contributed by atoms with E-state index in [9.17, 15) is 18.0 Å². The average molecular weight is 414 g/mol. The first-order valence-electron chi connectivity index (χ1n) is 8.74. The molecule has 0 bridgehead atoms. The highest BCUT2D eigenvalue weighted by molar-refractivity contribution is 7.80. The molecule has 0 aliphatic heterocycles. The summed E-state index contributed by atoms with van der Waals surface area (Å²) in [4.78, 5) is 13.0. The van der Waals surface area contributed by atoms with Crippen LogP contribution in [0.4, 0.5) is 18.9 Å². The van der Waals surface area contributed by atoms with Crippen LogP contribution in [0.25, 0.3) is 0 Å². The minimum Gasteiger partial charge on any atom is -0.332 e. The van der Waals surface area contributed by atoms with Gasteiger partial charge in [-0.05, 0) is 35.5 Å². The molecule has 0 radical (unpaired) electrons. The molecule has 0 unspecified atom stereocenters. The molecule has 0 saturated carbocycles. The summed E-state index contributed by atoms with van der Waals surface area (Å²) < 4.78 is 39.5. The van der Waals surface area contributed by atoms with Crippen molar-refractivity contribution in [3.63, 3.8) is 0 Å². The number of amides is 1. The Morgan fingerprint density at radius 3 is 1.79 bits per heavy atom. The first-order chi connectivity index (χ1) is 13.9. The summed E-state index contributed by atoms with van der Waals surface area (Å²) in [5.74, 6) is -1.10. The molecule has 0 atom stereocenters. The molecule has 0 heterocycles. The minimum absolute atomic E-state index is 0.205. The van der Waals surface area contributed by atoms with Gasteiger partial charge < -0.3 is 10.6 Å². The molecule has 0 saturated heterocycles. The number of anilines is 1. The molecule has 3 aromatic carbocycles. The number of benzene rings is 3. The van der Waals surface area contributed by atoms with Crippen molar-refractivity contribution in [1.82, 2.24) is 5.32 Å². The van der Waals surface area contributed by atoms with E-state index in [1.165, 1.54) is 18.2 Å². The Balaban J connectivity index is 1.81. The highest BCUT2D eigenvalue weighted by atomic mass is 32.1. The van der Waals surface area contributed by atoms with Crippen LogP contribution in [-0.4, -0.2) is 11.0 Å². The zero-order chi connectivity index (χ0) is 20.9. The van der Waals surface area contributed by atoms with Crippen LogP contribution in [0, 0.1) is 0 Å². The Bertz CT molecular complexity index is 952. The topological polar surface area (TPSA) is 41.1 Å². The van der Waals surface area contributed by atoms with E-state index < -0.39 is 23.6 Å². The third-order valence-corrected chi connectivity index (χ3v) is 4.45. The summed E-state index contributed by atoms with van der Waals surface area (Å²) in [5, 5.41) is 4.80. The predicted molar refractivity (Wildman–Crippen MR) is 111 cm³/mol. The fourth-order valence-electron chi connectivity index (χ4n) is 2.96. The first kappa shape index (κ1) is 20.5. The Morgan fingerprint density at radius 1 is 0.793 bits per heavy atom. The van der Waals surface area contributed by atoms with Crippen molar-refractivity contribution in [1.29, 1.82) is 0 Å². The van der Waals surface area contributed by atoms with Gasteiger partial charge in [-0.3, -0.25) is 4.79 Å². The molecule has 1 amide bonds. The quantitative estimate of drug-likeness (QED) is 0.566. The van der Waals surface area contributed by atoms with Gasteiger partial charge in [-0.2, -0.15) is 13.2 Å². The Hall–Kier alpha value is -3.19. The maximum Gasteiger partial charge on any atom is 0.418 e. The van der Waals surface area contributed by atoms with Crippen molar-refractivity contribution in [3.05, 3.63) is 102 Å². The lowest BCUT2D eigenvalue weighted by molar-refractivity contribution is -0.136. The van der Waals surface area contributed by atoms with Crippen molar-refractivity contribution in [2.45, 2.75) is 12.1 Å². The number of rotatable bonds is 4. The van der Waals surface area contributed by atoms with Crippen LogP contribution >= 0.6 is 12.2 Å². The molecule has 29 heavy (non-hydrogen) atoms. The zero-order valence-electron chi connectivity index (χ0n) is 15.1. The second-order valence-corrected chi connectivity index (χ2v) is 6.65. The van der Waals surface area contributed by atoms with Gasteiger partial charge in [0.1, 0.15) is 0 Å². The number of thiocarbonyl (C=S) groups is 1. The van der Waals surface area contributed by atoms with Gasteiger partial charge in [0.15, 0.2) is 5.11 Å². The monoisotopic (exact) mass is 414 g/mol. The largest absolute Gasteiger partial charge is 0.418 e. The van der Waals surface area contributed by atoms with E-state index in [2.05, 4.69) is 10.6 Å². The van der Waals surface area contributed by atoms with Crippen molar-refractivity contribution >= 4 is 28.9 Å². The van der Waals surface area contributed by atoms with E-state index in [1.54, 1.807) is 0 Å². The number of para-hydroxylation sites is 1. The van der Waals surface area contributed by atoms with Crippen LogP contribution in [0.1, 0.15) is 22.6 Å². The standard InChI is InChI=1S/C22H17F3N2OS/c23-22(24,25)17-13-7-8-14-18(17)26-21(29)27-20(28)19(15-9-3-1-4-10-15)16-11-5-2-6-12-16/h1-14,19H,(H2,26,27,28,29). The third-order valence-electron chi connectivity index (χ3n) is 4.25. The SMILES string of the molecule is O=C(NC(=S)Nc1ccccc1C(F)(F)F)C(c1ccccc1)c1ccccc1. The fourth-order valence-corrected chi connectivity index (χ4v) is 3.17. The normalized spacial score (nSPS) is 11.2. The third kappa shape index (κ3) is 5.20. The summed E-state index contributed by atoms with van der Waals surface area (Å²) >= 11 is 5.10. The van der Waals surface area contributed by atoms with Gasteiger partial charge in [-0.25, -0.2) is 0 Å². The summed E-state index contributed by atoms with van der Waals surface area (Å²) in [6, 6.07) is 23.1. The van der Waals surface area contributed by atoms with Crippen LogP contribution in [0.5, 0.6) is 0 Å². The molecule has 7 heteroatoms. The lowest BCUT2D eigenvalue weighted by Crippen LogP contribution is -2.38. The van der Waals surface area contributed by atoms with Crippen molar-refractivity contribution in [2.24, 2.45) is 0 Å². The second kappa shape index (κ2) is 8.87. The van der Waals surface area contributed by atoms with Gasteiger partial charge in [0, 0.05) is 0 Å². The predicted octanol–water partition coefficient (Wildman–Crippen LogP) is 5.35. The van der Waals surface area contributed by atoms with Crippen molar-refractivity contribution in [2.75, 3.05) is 5.32 Å². The number of hydrogen-bond donors (Lipinski definition) is 2. The summed E-state index contributed by atoms with van der Waals surface area (Å²) in [6.07, 6.45) is -4.54. The molecule has 3 rings (SSSR count). The molecule has 0 aliphatic carbocycles. The van der Waals surface area contributed by atoms with Crippen LogP contribution in [0.15, 0.2) is 84.9 Å². The minimum atomic E-state index is -4.54. The molecule has 0 aromatic heterocycles. The second-order valence-electron chi connectivity index (χ2n) is 6.24. The number of carbonyl (C=O) groups is 1. The molecular weight excluding hydrogens is 397 g/mol. The molecule has 3 aromatic rings. The van der Waals surface area contributed by atoms with Crippen LogP contribution in [0.2, 0.25) is 0 Å². The summed E-state index contributed by atoms with van der Waals surface area (Å²) in [5.41, 5.74) is 0.407. The number of carbonyl (C=O) groups excluding carboxylic acids is 1. The lowest BCUT2D eigenvalue weighted by Gasteiger charge is -2.19. The Kier molecular flexibility index (Phi) is 6.29. The van der Waals surface area contributed by atoms with Gasteiger partial charge in [-0.15, -0.1) is 0 Å². The zero-order valence-corrected chi connectivity index (χ0v) is 15.9. The van der Waals surface area contributed by atoms with Crippen LogP contribution in [-0.2, 0) is 11.0 Å². The highest BCUT2D eigenvalue weighted by Crippen LogP contribution is 2.34. The Morgan fingerprint density at radius 2 is 1.28 bits per heavy atom. The van der Waals surface area contributed by atoms with Gasteiger partial charge in [0.25, 0.3) is 0 Å². The number of nitrogens with one attached hydrogen (secondary N) is 2. The van der Waals surface area contributed by atoms with Gasteiger partial charge in [0.2, 0.25) is 5.91 Å². The van der Waals surface area contributed by atoms with E-state index in [4.69, 9.17) is 12.2 Å². The number of halogens is 3. The molecule has 0 spiro atoms. The first-order valence-corrected chi connectivity index (χ1v) is 9.15. The summed E-state index contributed by atoms with van der Waals surface area (Å²) in [7, 11) is 0. The van der Waals surface area contributed by atoms with E-state index in [0.717, 1.165) is 17.2 Å². The van der Waals surface area contributed by atoms with Gasteiger partial charge in [0.05, 0.1) is 17.2 Å². The van der Waals surface area contributed by atoms with E-state index in [0.29, 0.717) is 0 Å². The van der Waals surface area contributed by atoms with E-state index in [1.807, 2.05) is 60.7 Å². The van der Waals surface area contributed by atoms with E-state index >= 15 is 0 Å². The molecule has 0 fully saturated rings. The smallest absolute Gasteiger partial charge is 0.332 e. The maximum atomic E-state index is 13.2.